The molecule has 22 heavy (non-hydrogen) atoms. The van der Waals surface area contributed by atoms with E-state index in [-0.39, 0.29) is 24.5 Å². The fourth-order valence-electron chi connectivity index (χ4n) is 2.44. The second-order valence-corrected chi connectivity index (χ2v) is 5.31. The number of rotatable bonds is 7. The smallest absolute Gasteiger partial charge is 0.416 e. The Kier molecular flexibility index (Phi) is 5.91. The van der Waals surface area contributed by atoms with E-state index in [0.29, 0.717) is 19.4 Å². The highest BCUT2D eigenvalue weighted by atomic mass is 17.2. The molecule has 1 aliphatic heterocycles. The molecule has 0 saturated carbocycles. The van der Waals surface area contributed by atoms with E-state index in [2.05, 4.69) is 4.89 Å². The highest BCUT2D eigenvalue weighted by Crippen LogP contribution is 2.21. The Morgan fingerprint density at radius 2 is 2.14 bits per heavy atom. The molecule has 1 aromatic rings. The molecule has 0 aliphatic carbocycles. The highest BCUT2D eigenvalue weighted by molar-refractivity contribution is 5.94. The molecule has 1 aromatic carbocycles. The third kappa shape index (κ3) is 4.05. The molecular weight excluding hydrogens is 286 g/mol. The lowest BCUT2D eigenvalue weighted by atomic mass is 10.0. The highest BCUT2D eigenvalue weighted by Gasteiger charge is 2.39. The molecule has 1 heterocycles. The number of carbonyl (C=O) groups is 2. The van der Waals surface area contributed by atoms with Crippen molar-refractivity contribution in [2.75, 3.05) is 20.3 Å². The number of imide groups is 1. The van der Waals surface area contributed by atoms with Gasteiger partial charge in [-0.05, 0) is 18.4 Å². The molecule has 2 atom stereocenters. The van der Waals surface area contributed by atoms with Crippen LogP contribution in [-0.4, -0.2) is 43.3 Å². The minimum atomic E-state index is -0.564. The zero-order valence-electron chi connectivity index (χ0n) is 12.9. The first kappa shape index (κ1) is 16.5. The average Bonchev–Trinajstić information content (AvgIpc) is 2.88. The van der Waals surface area contributed by atoms with Gasteiger partial charge < -0.3 is 4.74 Å². The zero-order valence-corrected chi connectivity index (χ0v) is 12.9. The first-order chi connectivity index (χ1) is 10.6. The number of hydrogen-bond donors (Lipinski definition) is 0. The van der Waals surface area contributed by atoms with Gasteiger partial charge in [-0.2, -0.15) is 0 Å². The minimum absolute atomic E-state index is 0.233. The average molecular weight is 307 g/mol. The molecule has 0 aromatic heterocycles. The van der Waals surface area contributed by atoms with E-state index in [1.165, 1.54) is 12.0 Å². The Labute approximate surface area is 129 Å². The Balaban J connectivity index is 1.99. The molecule has 0 radical (unpaired) electrons. The Hall–Kier alpha value is -1.92. The predicted molar refractivity (Wildman–Crippen MR) is 78.9 cm³/mol. The minimum Gasteiger partial charge on any atom is -0.447 e. The topological polar surface area (TPSA) is 65.1 Å². The van der Waals surface area contributed by atoms with Crippen LogP contribution in [0.1, 0.15) is 18.9 Å². The second-order valence-electron chi connectivity index (χ2n) is 5.31. The molecular formula is C16H21NO5. The van der Waals surface area contributed by atoms with Crippen LogP contribution in [0.25, 0.3) is 0 Å². The SMILES string of the molecule is COOCCC(C)C(=O)N1C(=O)OCC1Cc1ccccc1. The van der Waals surface area contributed by atoms with Gasteiger partial charge >= 0.3 is 6.09 Å². The summed E-state index contributed by atoms with van der Waals surface area (Å²) in [6.45, 7) is 2.31. The largest absolute Gasteiger partial charge is 0.447 e. The number of benzene rings is 1. The van der Waals surface area contributed by atoms with Gasteiger partial charge in [-0.3, -0.25) is 4.79 Å². The summed E-state index contributed by atoms with van der Waals surface area (Å²) in [7, 11) is 1.42. The van der Waals surface area contributed by atoms with Gasteiger partial charge in [0.25, 0.3) is 0 Å². The number of carbonyl (C=O) groups excluding carboxylic acids is 2. The second kappa shape index (κ2) is 7.91. The molecule has 0 N–H and O–H groups in total. The summed E-state index contributed by atoms with van der Waals surface area (Å²) < 4.78 is 5.06. The third-order valence-electron chi connectivity index (χ3n) is 3.69. The van der Waals surface area contributed by atoms with Crippen molar-refractivity contribution in [1.29, 1.82) is 0 Å². The quantitative estimate of drug-likeness (QED) is 0.439. The van der Waals surface area contributed by atoms with E-state index in [9.17, 15) is 9.59 Å². The molecule has 0 bridgehead atoms. The summed E-state index contributed by atoms with van der Waals surface area (Å²) in [4.78, 5) is 34.9. The van der Waals surface area contributed by atoms with E-state index >= 15 is 0 Å². The van der Waals surface area contributed by atoms with Crippen LogP contribution in [0.4, 0.5) is 4.79 Å². The van der Waals surface area contributed by atoms with Crippen molar-refractivity contribution in [3.05, 3.63) is 35.9 Å². The van der Waals surface area contributed by atoms with Crippen LogP contribution in [0.15, 0.2) is 30.3 Å². The first-order valence-electron chi connectivity index (χ1n) is 7.33. The normalized spacial score (nSPS) is 19.1. The fourth-order valence-corrected chi connectivity index (χ4v) is 2.44. The van der Waals surface area contributed by atoms with Crippen LogP contribution in [0.3, 0.4) is 0 Å². The van der Waals surface area contributed by atoms with Crippen molar-refractivity contribution in [3.8, 4) is 0 Å². The van der Waals surface area contributed by atoms with Crippen LogP contribution < -0.4 is 0 Å². The van der Waals surface area contributed by atoms with Gasteiger partial charge in [0.2, 0.25) is 5.91 Å². The standard InChI is InChI=1S/C16H21NO5/c1-12(8-9-22-20-2)15(18)17-14(11-21-16(17)19)10-13-6-4-3-5-7-13/h3-7,12,14H,8-11H2,1-2H3. The molecule has 6 heteroatoms. The Bertz CT molecular complexity index is 505. The van der Waals surface area contributed by atoms with Crippen molar-refractivity contribution in [2.24, 2.45) is 5.92 Å². The maximum absolute atomic E-state index is 12.5. The van der Waals surface area contributed by atoms with Gasteiger partial charge in [-0.1, -0.05) is 37.3 Å². The molecule has 120 valence electrons. The van der Waals surface area contributed by atoms with Gasteiger partial charge in [0.05, 0.1) is 19.8 Å². The third-order valence-corrected chi connectivity index (χ3v) is 3.69. The number of amides is 2. The van der Waals surface area contributed by atoms with Gasteiger partial charge in [0, 0.05) is 5.92 Å². The lowest BCUT2D eigenvalue weighted by Gasteiger charge is -2.22. The summed E-state index contributed by atoms with van der Waals surface area (Å²) in [5.41, 5.74) is 1.07. The Morgan fingerprint density at radius 1 is 1.41 bits per heavy atom. The Morgan fingerprint density at radius 3 is 2.82 bits per heavy atom. The number of ether oxygens (including phenoxy) is 1. The van der Waals surface area contributed by atoms with E-state index < -0.39 is 6.09 Å². The summed E-state index contributed by atoms with van der Waals surface area (Å²) >= 11 is 0. The number of nitrogens with zero attached hydrogens (tertiary/aromatic N) is 1. The van der Waals surface area contributed by atoms with Crippen molar-refractivity contribution in [2.45, 2.75) is 25.8 Å². The van der Waals surface area contributed by atoms with Crippen LogP contribution >= 0.6 is 0 Å². The predicted octanol–water partition coefficient (Wildman–Crippen LogP) is 2.18. The lowest BCUT2D eigenvalue weighted by molar-refractivity contribution is -0.273. The van der Waals surface area contributed by atoms with Gasteiger partial charge in [0.15, 0.2) is 0 Å². The molecule has 2 unspecified atom stereocenters. The summed E-state index contributed by atoms with van der Waals surface area (Å²) in [5, 5.41) is 0. The summed E-state index contributed by atoms with van der Waals surface area (Å²) in [6, 6.07) is 9.49. The molecule has 1 saturated heterocycles. The molecule has 0 spiro atoms. The van der Waals surface area contributed by atoms with Crippen molar-refractivity contribution < 1.29 is 24.1 Å². The monoisotopic (exact) mass is 307 g/mol. The zero-order chi connectivity index (χ0) is 15.9. The fraction of sp³-hybridized carbons (Fsp3) is 0.500. The van der Waals surface area contributed by atoms with E-state index in [1.54, 1.807) is 6.92 Å². The van der Waals surface area contributed by atoms with E-state index in [4.69, 9.17) is 9.62 Å². The van der Waals surface area contributed by atoms with Crippen LogP contribution in [0.2, 0.25) is 0 Å². The number of cyclic esters (lactones) is 1. The van der Waals surface area contributed by atoms with E-state index in [1.807, 2.05) is 30.3 Å². The molecule has 2 amide bonds. The lowest BCUT2D eigenvalue weighted by Crippen LogP contribution is -2.43. The van der Waals surface area contributed by atoms with Gasteiger partial charge in [-0.15, -0.1) is 0 Å². The number of hydrogen-bond acceptors (Lipinski definition) is 5. The summed E-state index contributed by atoms with van der Waals surface area (Å²) in [6.07, 6.45) is 0.513. The van der Waals surface area contributed by atoms with Crippen LogP contribution in [0, 0.1) is 5.92 Å². The maximum atomic E-state index is 12.5. The van der Waals surface area contributed by atoms with Gasteiger partial charge in [0.1, 0.15) is 6.61 Å². The molecule has 6 nitrogen and oxygen atoms in total. The van der Waals surface area contributed by atoms with Crippen molar-refractivity contribution in [3.63, 3.8) is 0 Å². The van der Waals surface area contributed by atoms with Crippen molar-refractivity contribution >= 4 is 12.0 Å². The van der Waals surface area contributed by atoms with Gasteiger partial charge in [-0.25, -0.2) is 19.5 Å². The molecule has 2 rings (SSSR count). The summed E-state index contributed by atoms with van der Waals surface area (Å²) in [5.74, 6) is -0.567. The van der Waals surface area contributed by atoms with Crippen LogP contribution in [0.5, 0.6) is 0 Å². The molecule has 1 fully saturated rings. The van der Waals surface area contributed by atoms with E-state index in [0.717, 1.165) is 5.56 Å². The van der Waals surface area contributed by atoms with Crippen LogP contribution in [-0.2, 0) is 25.7 Å². The maximum Gasteiger partial charge on any atom is 0.416 e. The molecule has 1 aliphatic rings. The first-order valence-corrected chi connectivity index (χ1v) is 7.33. The van der Waals surface area contributed by atoms with Crippen molar-refractivity contribution in [1.82, 2.24) is 4.90 Å².